The van der Waals surface area contributed by atoms with E-state index in [0.29, 0.717) is 11.4 Å². The second-order valence-electron chi connectivity index (χ2n) is 8.02. The Morgan fingerprint density at radius 3 is 2.36 bits per heavy atom. The molecule has 0 saturated carbocycles. The van der Waals surface area contributed by atoms with Crippen LogP contribution in [0.15, 0.2) is 36.4 Å². The Hall–Kier alpha value is -2.22. The van der Waals surface area contributed by atoms with Gasteiger partial charge < -0.3 is 0 Å². The molecular weight excluding hydrogens is 309 g/mol. The van der Waals surface area contributed by atoms with Crippen molar-refractivity contribution in [1.29, 1.82) is 0 Å². The Morgan fingerprint density at radius 1 is 1.04 bits per heavy atom. The Balaban J connectivity index is 2.49. The number of hydrogen-bond acceptors (Lipinski definition) is 0. The van der Waals surface area contributed by atoms with E-state index in [2.05, 4.69) is 51.3 Å². The SMILES string of the molecule is [2H]c1c(C)[n+](C)c(-c2cc(C(C)(C)C)cc(C)c2C)c2ccc(F)cc12. The number of aryl methyl sites for hydroxylation is 1. The van der Waals surface area contributed by atoms with Crippen molar-refractivity contribution < 1.29 is 10.3 Å². The summed E-state index contributed by atoms with van der Waals surface area (Å²) >= 11 is 0. The Labute approximate surface area is 151 Å². The van der Waals surface area contributed by atoms with Gasteiger partial charge in [0.05, 0.1) is 12.3 Å². The molecule has 1 heterocycles. The average Bonchev–Trinajstić information content (AvgIpc) is 2.56. The molecular formula is C23H27FN+. The van der Waals surface area contributed by atoms with E-state index in [-0.39, 0.29) is 11.2 Å². The number of fused-ring (bicyclic) bond motifs is 1. The predicted molar refractivity (Wildman–Crippen MR) is 103 cm³/mol. The first-order valence-corrected chi connectivity index (χ1v) is 8.73. The van der Waals surface area contributed by atoms with E-state index in [4.69, 9.17) is 1.37 Å². The van der Waals surface area contributed by atoms with Crippen LogP contribution in [0.4, 0.5) is 4.39 Å². The molecule has 0 spiro atoms. The largest absolute Gasteiger partial charge is 0.220 e. The normalized spacial score (nSPS) is 12.6. The molecule has 1 aromatic heterocycles. The monoisotopic (exact) mass is 337 g/mol. The maximum absolute atomic E-state index is 13.9. The van der Waals surface area contributed by atoms with Crippen LogP contribution < -0.4 is 4.57 Å². The molecule has 0 bridgehead atoms. The van der Waals surface area contributed by atoms with Crippen molar-refractivity contribution in [3.63, 3.8) is 0 Å². The van der Waals surface area contributed by atoms with Gasteiger partial charge in [-0.15, -0.1) is 0 Å². The molecule has 130 valence electrons. The molecule has 0 atom stereocenters. The van der Waals surface area contributed by atoms with E-state index in [1.807, 2.05) is 14.0 Å². The molecule has 0 aliphatic carbocycles. The molecule has 1 nitrogen and oxygen atoms in total. The van der Waals surface area contributed by atoms with Gasteiger partial charge in [-0.3, -0.25) is 0 Å². The fourth-order valence-corrected chi connectivity index (χ4v) is 3.32. The highest BCUT2D eigenvalue weighted by atomic mass is 19.1. The van der Waals surface area contributed by atoms with Gasteiger partial charge in [0, 0.05) is 13.0 Å². The van der Waals surface area contributed by atoms with E-state index < -0.39 is 0 Å². The van der Waals surface area contributed by atoms with Gasteiger partial charge in [0.1, 0.15) is 12.9 Å². The molecule has 3 rings (SSSR count). The molecule has 0 radical (unpaired) electrons. The molecule has 2 aromatic carbocycles. The standard InChI is InChI=1S/C23H27FN/c1-14-10-18(23(4,5)6)13-21(16(14)3)22-20-9-8-19(24)12-17(20)11-15(2)25(22)7/h8-13H,1-7H3/q+1/i11D. The zero-order valence-electron chi connectivity index (χ0n) is 17.2. The minimum absolute atomic E-state index is 0.0398. The van der Waals surface area contributed by atoms with Crippen molar-refractivity contribution in [2.75, 3.05) is 0 Å². The van der Waals surface area contributed by atoms with Crippen LogP contribution in [-0.2, 0) is 12.5 Å². The van der Waals surface area contributed by atoms with Crippen LogP contribution in [0.1, 0.15) is 44.5 Å². The fraction of sp³-hybridized carbons (Fsp3) is 0.348. The highest BCUT2D eigenvalue weighted by Gasteiger charge is 2.23. The summed E-state index contributed by atoms with van der Waals surface area (Å²) in [6, 6.07) is 9.65. The van der Waals surface area contributed by atoms with E-state index in [1.165, 1.54) is 28.8 Å². The topological polar surface area (TPSA) is 3.88 Å². The lowest BCUT2D eigenvalue weighted by Crippen LogP contribution is -2.35. The van der Waals surface area contributed by atoms with Gasteiger partial charge in [0.15, 0.2) is 5.69 Å². The van der Waals surface area contributed by atoms with Crippen molar-refractivity contribution >= 4 is 10.8 Å². The molecule has 0 unspecified atom stereocenters. The molecule has 0 fully saturated rings. The Bertz CT molecular complexity index is 1030. The van der Waals surface area contributed by atoms with E-state index in [1.54, 1.807) is 6.07 Å². The van der Waals surface area contributed by atoms with Crippen molar-refractivity contribution in [3.05, 3.63) is 64.6 Å². The summed E-state index contributed by atoms with van der Waals surface area (Å²) in [6.45, 7) is 12.8. The van der Waals surface area contributed by atoms with Gasteiger partial charge in [-0.05, 0) is 65.6 Å². The number of benzene rings is 2. The molecule has 0 saturated heterocycles. The van der Waals surface area contributed by atoms with Crippen molar-refractivity contribution in [2.24, 2.45) is 7.05 Å². The molecule has 0 aliphatic heterocycles. The molecule has 0 amide bonds. The van der Waals surface area contributed by atoms with Crippen LogP contribution in [-0.4, -0.2) is 0 Å². The first kappa shape index (κ1) is 16.3. The van der Waals surface area contributed by atoms with Gasteiger partial charge in [-0.25, -0.2) is 4.39 Å². The number of aromatic nitrogens is 1. The molecule has 0 aliphatic rings. The average molecular weight is 337 g/mol. The van der Waals surface area contributed by atoms with Crippen molar-refractivity contribution in [3.8, 4) is 11.3 Å². The van der Waals surface area contributed by atoms with Crippen LogP contribution in [0.25, 0.3) is 22.0 Å². The lowest BCUT2D eigenvalue weighted by molar-refractivity contribution is -0.665. The lowest BCUT2D eigenvalue weighted by Gasteiger charge is -2.22. The molecule has 0 N–H and O–H groups in total. The number of halogens is 1. The maximum Gasteiger partial charge on any atom is 0.220 e. The fourth-order valence-electron chi connectivity index (χ4n) is 3.32. The van der Waals surface area contributed by atoms with Crippen molar-refractivity contribution in [1.82, 2.24) is 0 Å². The van der Waals surface area contributed by atoms with E-state index >= 15 is 0 Å². The Kier molecular flexibility index (Phi) is 3.87. The van der Waals surface area contributed by atoms with Gasteiger partial charge in [0.25, 0.3) is 0 Å². The summed E-state index contributed by atoms with van der Waals surface area (Å²) in [4.78, 5) is 0. The third-order valence-corrected chi connectivity index (χ3v) is 5.18. The first-order chi connectivity index (χ1) is 12.0. The summed E-state index contributed by atoms with van der Waals surface area (Å²) in [5, 5.41) is 1.58. The third-order valence-electron chi connectivity index (χ3n) is 5.18. The first-order valence-electron chi connectivity index (χ1n) is 9.23. The summed E-state index contributed by atoms with van der Waals surface area (Å²) < 4.78 is 24.4. The van der Waals surface area contributed by atoms with E-state index in [9.17, 15) is 4.39 Å². The summed E-state index contributed by atoms with van der Waals surface area (Å²) in [7, 11) is 1.99. The second-order valence-corrected chi connectivity index (χ2v) is 8.02. The lowest BCUT2D eigenvalue weighted by atomic mass is 9.83. The zero-order valence-corrected chi connectivity index (χ0v) is 16.2. The maximum atomic E-state index is 13.9. The van der Waals surface area contributed by atoms with Crippen LogP contribution >= 0.6 is 0 Å². The zero-order chi connectivity index (χ0) is 19.4. The van der Waals surface area contributed by atoms with Gasteiger partial charge in [0.2, 0.25) is 5.69 Å². The number of hydrogen-bond donors (Lipinski definition) is 0. The molecule has 3 aromatic rings. The van der Waals surface area contributed by atoms with E-state index in [0.717, 1.165) is 22.3 Å². The molecule has 25 heavy (non-hydrogen) atoms. The minimum Gasteiger partial charge on any atom is -0.207 e. The molecule has 2 heteroatoms. The van der Waals surface area contributed by atoms with Crippen LogP contribution in [0.3, 0.4) is 0 Å². The van der Waals surface area contributed by atoms with Gasteiger partial charge in [-0.2, -0.15) is 4.57 Å². The summed E-state index contributed by atoms with van der Waals surface area (Å²) in [5.74, 6) is -0.304. The van der Waals surface area contributed by atoms with Gasteiger partial charge in [-0.1, -0.05) is 26.8 Å². The van der Waals surface area contributed by atoms with Crippen molar-refractivity contribution in [2.45, 2.75) is 47.0 Å². The van der Waals surface area contributed by atoms with Gasteiger partial charge >= 0.3 is 0 Å². The minimum atomic E-state index is -0.304. The quantitative estimate of drug-likeness (QED) is 0.502. The van der Waals surface area contributed by atoms with Crippen LogP contribution in [0.2, 0.25) is 0 Å². The summed E-state index contributed by atoms with van der Waals surface area (Å²) in [5.41, 5.74) is 6.80. The smallest absolute Gasteiger partial charge is 0.207 e. The summed E-state index contributed by atoms with van der Waals surface area (Å²) in [6.07, 6.45) is 0. The number of pyridine rings is 1. The third kappa shape index (κ3) is 3.06. The second kappa shape index (κ2) is 5.94. The number of rotatable bonds is 1. The highest BCUT2D eigenvalue weighted by molar-refractivity contribution is 5.94. The predicted octanol–water partition coefficient (Wildman–Crippen LogP) is 5.69. The number of nitrogens with zero attached hydrogens (tertiary/aromatic N) is 1. The Morgan fingerprint density at radius 2 is 1.72 bits per heavy atom. The van der Waals surface area contributed by atoms with Crippen LogP contribution in [0, 0.1) is 26.6 Å². The van der Waals surface area contributed by atoms with Crippen LogP contribution in [0.5, 0.6) is 0 Å². The highest BCUT2D eigenvalue weighted by Crippen LogP contribution is 2.34.